The average molecular weight is 375 g/mol. The Labute approximate surface area is 131 Å². The number of hydrogen-bond donors (Lipinski definition) is 1. The number of carbonyl (C=O) groups excluding carboxylic acids is 2. The van der Waals surface area contributed by atoms with Crippen molar-refractivity contribution in [2.24, 2.45) is 0 Å². The molecule has 1 fully saturated rings. The maximum atomic E-state index is 12.1. The zero-order valence-corrected chi connectivity index (χ0v) is 13.8. The van der Waals surface area contributed by atoms with Crippen LogP contribution in [0.15, 0.2) is 28.7 Å². The first-order chi connectivity index (χ1) is 9.76. The molecule has 1 aliphatic rings. The summed E-state index contributed by atoms with van der Waals surface area (Å²) in [6.45, 7) is 0.174. The predicted molar refractivity (Wildman–Crippen MR) is 81.3 cm³/mol. The van der Waals surface area contributed by atoms with Crippen molar-refractivity contribution in [3.8, 4) is 0 Å². The zero-order chi connectivity index (χ0) is 15.6. The molecule has 1 aromatic rings. The van der Waals surface area contributed by atoms with Gasteiger partial charge < -0.3 is 5.32 Å². The van der Waals surface area contributed by atoms with Gasteiger partial charge in [-0.3, -0.25) is 9.69 Å². The largest absolute Gasteiger partial charge is 0.326 e. The van der Waals surface area contributed by atoms with Gasteiger partial charge in [0.25, 0.3) is 5.91 Å². The third-order valence-electron chi connectivity index (χ3n) is 3.14. The summed E-state index contributed by atoms with van der Waals surface area (Å²) in [6, 6.07) is 6.04. The fourth-order valence-electron chi connectivity index (χ4n) is 2.03. The van der Waals surface area contributed by atoms with Crippen molar-refractivity contribution in [1.29, 1.82) is 0 Å². The Kier molecular flexibility index (Phi) is 4.67. The molecule has 21 heavy (non-hydrogen) atoms. The molecular weight excluding hydrogens is 360 g/mol. The zero-order valence-electron chi connectivity index (χ0n) is 11.4. The number of carbonyl (C=O) groups is 2. The maximum absolute atomic E-state index is 12.1. The fraction of sp³-hybridized carbons (Fsp3) is 0.385. The minimum atomic E-state index is -3.16. The number of rotatable bonds is 5. The summed E-state index contributed by atoms with van der Waals surface area (Å²) in [5.74, 6) is -0.512. The van der Waals surface area contributed by atoms with Gasteiger partial charge in [-0.25, -0.2) is 13.2 Å². The van der Waals surface area contributed by atoms with Crippen molar-refractivity contribution in [3.05, 3.63) is 34.3 Å². The van der Waals surface area contributed by atoms with Gasteiger partial charge in [-0.05, 0) is 24.1 Å². The Morgan fingerprint density at radius 1 is 1.24 bits per heavy atom. The van der Waals surface area contributed by atoms with E-state index in [0.717, 1.165) is 21.2 Å². The molecule has 1 heterocycles. The molecule has 3 amide bonds. The van der Waals surface area contributed by atoms with Crippen molar-refractivity contribution in [2.45, 2.75) is 19.0 Å². The molecule has 0 unspecified atom stereocenters. The van der Waals surface area contributed by atoms with Crippen molar-refractivity contribution in [2.75, 3.05) is 12.0 Å². The molecule has 0 radical (unpaired) electrons. The number of amides is 3. The molecule has 1 aromatic carbocycles. The summed E-state index contributed by atoms with van der Waals surface area (Å²) in [5, 5.41) is 2.52. The van der Waals surface area contributed by atoms with Crippen molar-refractivity contribution < 1.29 is 18.0 Å². The lowest BCUT2D eigenvalue weighted by molar-refractivity contribution is -0.127. The van der Waals surface area contributed by atoms with E-state index >= 15 is 0 Å². The van der Waals surface area contributed by atoms with Crippen LogP contribution in [0.5, 0.6) is 0 Å². The first-order valence-corrected chi connectivity index (χ1v) is 9.15. The lowest BCUT2D eigenvalue weighted by Crippen LogP contribution is -2.32. The molecule has 6 nitrogen and oxygen atoms in total. The highest BCUT2D eigenvalue weighted by molar-refractivity contribution is 9.10. The second-order valence-electron chi connectivity index (χ2n) is 4.97. The third kappa shape index (κ3) is 4.28. The molecule has 0 spiro atoms. The molecule has 1 aliphatic heterocycles. The molecule has 1 saturated heterocycles. The highest BCUT2D eigenvalue weighted by Crippen LogP contribution is 2.16. The summed E-state index contributed by atoms with van der Waals surface area (Å²) in [7, 11) is -3.16. The predicted octanol–water partition coefficient (Wildman–Crippen LogP) is 1.30. The number of urea groups is 1. The highest BCUT2D eigenvalue weighted by atomic mass is 79.9. The second kappa shape index (κ2) is 6.15. The maximum Gasteiger partial charge on any atom is 0.325 e. The van der Waals surface area contributed by atoms with Crippen LogP contribution >= 0.6 is 15.9 Å². The van der Waals surface area contributed by atoms with Gasteiger partial charge in [0.15, 0.2) is 0 Å². The van der Waals surface area contributed by atoms with Gasteiger partial charge in [0, 0.05) is 10.7 Å². The summed E-state index contributed by atoms with van der Waals surface area (Å²) in [4.78, 5) is 25.1. The van der Waals surface area contributed by atoms with Crippen LogP contribution in [-0.2, 0) is 21.2 Å². The Morgan fingerprint density at radius 2 is 1.86 bits per heavy atom. The lowest BCUT2D eigenvalue weighted by Gasteiger charge is -2.13. The summed E-state index contributed by atoms with van der Waals surface area (Å²) in [6.07, 6.45) is 1.20. The van der Waals surface area contributed by atoms with Gasteiger partial charge >= 0.3 is 6.03 Å². The average Bonchev–Trinajstić information content (AvgIpc) is 2.66. The minimum Gasteiger partial charge on any atom is -0.326 e. The molecule has 1 atom stereocenters. The van der Waals surface area contributed by atoms with Gasteiger partial charge in [0.2, 0.25) is 0 Å². The van der Waals surface area contributed by atoms with E-state index in [9.17, 15) is 18.0 Å². The highest BCUT2D eigenvalue weighted by Gasteiger charge is 2.37. The topological polar surface area (TPSA) is 83.6 Å². The quantitative estimate of drug-likeness (QED) is 0.787. The first-order valence-electron chi connectivity index (χ1n) is 6.30. The number of halogens is 1. The van der Waals surface area contributed by atoms with Crippen LogP contribution < -0.4 is 5.32 Å². The SMILES string of the molecule is CS(=O)(=O)CC[C@@H]1NC(=O)N(Cc2ccc(Br)cc2)C1=O. The Morgan fingerprint density at radius 3 is 2.43 bits per heavy atom. The Balaban J connectivity index is 2.03. The van der Waals surface area contributed by atoms with E-state index in [1.165, 1.54) is 0 Å². The molecule has 8 heteroatoms. The van der Waals surface area contributed by atoms with Crippen LogP contribution in [0.4, 0.5) is 4.79 Å². The molecule has 2 rings (SSSR count). The summed E-state index contributed by atoms with van der Waals surface area (Å²) < 4.78 is 23.2. The monoisotopic (exact) mass is 374 g/mol. The van der Waals surface area contributed by atoms with Crippen LogP contribution in [0.25, 0.3) is 0 Å². The van der Waals surface area contributed by atoms with Crippen LogP contribution in [0.1, 0.15) is 12.0 Å². The van der Waals surface area contributed by atoms with E-state index in [4.69, 9.17) is 0 Å². The van der Waals surface area contributed by atoms with Crippen LogP contribution in [0, 0.1) is 0 Å². The third-order valence-corrected chi connectivity index (χ3v) is 4.64. The van der Waals surface area contributed by atoms with Crippen LogP contribution in [-0.4, -0.2) is 43.3 Å². The standard InChI is InChI=1S/C13H15BrN2O4S/c1-21(19,20)7-6-11-12(17)16(13(18)15-11)8-9-2-4-10(14)5-3-9/h2-5,11H,6-8H2,1H3,(H,15,18)/t11-/m0/s1. The van der Waals surface area contributed by atoms with Crippen molar-refractivity contribution in [1.82, 2.24) is 10.2 Å². The van der Waals surface area contributed by atoms with E-state index in [1.807, 2.05) is 24.3 Å². The Hall–Kier alpha value is -1.41. The minimum absolute atomic E-state index is 0.0975. The van der Waals surface area contributed by atoms with E-state index in [1.54, 1.807) is 0 Å². The lowest BCUT2D eigenvalue weighted by atomic mass is 10.2. The molecule has 0 saturated carbocycles. The van der Waals surface area contributed by atoms with Crippen molar-refractivity contribution >= 4 is 37.7 Å². The van der Waals surface area contributed by atoms with Crippen molar-refractivity contribution in [3.63, 3.8) is 0 Å². The van der Waals surface area contributed by atoms with Crippen LogP contribution in [0.3, 0.4) is 0 Å². The van der Waals surface area contributed by atoms with Gasteiger partial charge in [-0.2, -0.15) is 0 Å². The molecule has 1 N–H and O–H groups in total. The first kappa shape index (κ1) is 16.0. The van der Waals surface area contributed by atoms with Gasteiger partial charge in [0.1, 0.15) is 15.9 Å². The number of nitrogens with one attached hydrogen (secondary N) is 1. The summed E-state index contributed by atoms with van der Waals surface area (Å²) in [5.41, 5.74) is 0.825. The second-order valence-corrected chi connectivity index (χ2v) is 8.15. The number of benzene rings is 1. The van der Waals surface area contributed by atoms with Gasteiger partial charge in [-0.15, -0.1) is 0 Å². The molecule has 0 bridgehead atoms. The van der Waals surface area contributed by atoms with Gasteiger partial charge in [0.05, 0.1) is 12.3 Å². The number of hydrogen-bond acceptors (Lipinski definition) is 4. The fourth-order valence-corrected chi connectivity index (χ4v) is 2.95. The van der Waals surface area contributed by atoms with E-state index < -0.39 is 21.9 Å². The van der Waals surface area contributed by atoms with E-state index in [2.05, 4.69) is 21.2 Å². The molecule has 0 aromatic heterocycles. The molecule has 114 valence electrons. The number of imide groups is 1. The number of sulfone groups is 1. The molecular formula is C13H15BrN2O4S. The van der Waals surface area contributed by atoms with Gasteiger partial charge in [-0.1, -0.05) is 28.1 Å². The van der Waals surface area contributed by atoms with E-state index in [-0.39, 0.29) is 24.6 Å². The normalized spacial score (nSPS) is 19.0. The summed E-state index contributed by atoms with van der Waals surface area (Å²) >= 11 is 3.31. The molecule has 0 aliphatic carbocycles. The number of nitrogens with zero attached hydrogens (tertiary/aromatic N) is 1. The smallest absolute Gasteiger partial charge is 0.325 e. The van der Waals surface area contributed by atoms with Crippen LogP contribution in [0.2, 0.25) is 0 Å². The van der Waals surface area contributed by atoms with E-state index in [0.29, 0.717) is 0 Å². The Bertz CT molecular complexity index is 657.